The van der Waals surface area contributed by atoms with Crippen molar-refractivity contribution in [3.05, 3.63) is 29.2 Å². The van der Waals surface area contributed by atoms with Gasteiger partial charge in [0.15, 0.2) is 16.9 Å². The first-order valence-electron chi connectivity index (χ1n) is 5.34. The first kappa shape index (κ1) is 11.4. The van der Waals surface area contributed by atoms with E-state index in [4.69, 9.17) is 21.1 Å². The zero-order valence-electron chi connectivity index (χ0n) is 9.59. The summed E-state index contributed by atoms with van der Waals surface area (Å²) in [6, 6.07) is 3.46. The van der Waals surface area contributed by atoms with Gasteiger partial charge in [-0.3, -0.25) is 4.79 Å². The molecule has 1 aliphatic rings. The lowest BCUT2D eigenvalue weighted by Gasteiger charge is -2.35. The molecule has 2 aromatic rings. The van der Waals surface area contributed by atoms with Gasteiger partial charge in [0.1, 0.15) is 0 Å². The highest BCUT2D eigenvalue weighted by atomic mass is 35.5. The predicted molar refractivity (Wildman–Crippen MR) is 62.5 cm³/mol. The fourth-order valence-corrected chi connectivity index (χ4v) is 2.06. The molecular formula is C11H10ClN3O3. The molecule has 3 rings (SSSR count). The lowest BCUT2D eigenvalue weighted by Crippen LogP contribution is -2.54. The SMILES string of the molecule is COC(=O)C1(c2nc3ccc(Cl)cn3n2)COC1. The second-order valence-electron chi connectivity index (χ2n) is 4.15. The minimum atomic E-state index is -0.882. The summed E-state index contributed by atoms with van der Waals surface area (Å²) in [6.45, 7) is 0.481. The smallest absolute Gasteiger partial charge is 0.324 e. The van der Waals surface area contributed by atoms with E-state index in [0.29, 0.717) is 16.5 Å². The van der Waals surface area contributed by atoms with E-state index in [9.17, 15) is 4.79 Å². The van der Waals surface area contributed by atoms with E-state index in [1.807, 2.05) is 0 Å². The Balaban J connectivity index is 2.10. The molecule has 1 aliphatic heterocycles. The summed E-state index contributed by atoms with van der Waals surface area (Å²) in [4.78, 5) is 16.2. The molecule has 0 amide bonds. The molecule has 0 N–H and O–H groups in total. The maximum atomic E-state index is 11.8. The summed E-state index contributed by atoms with van der Waals surface area (Å²) in [5, 5.41) is 4.83. The summed E-state index contributed by atoms with van der Waals surface area (Å²) in [5.74, 6) is 0.0265. The van der Waals surface area contributed by atoms with E-state index in [2.05, 4.69) is 10.1 Å². The molecule has 0 saturated carbocycles. The maximum Gasteiger partial charge on any atom is 0.324 e. The second kappa shape index (κ2) is 3.93. The van der Waals surface area contributed by atoms with Gasteiger partial charge in [0, 0.05) is 6.20 Å². The summed E-state index contributed by atoms with van der Waals surface area (Å²) >= 11 is 5.87. The van der Waals surface area contributed by atoms with Crippen LogP contribution < -0.4 is 0 Å². The van der Waals surface area contributed by atoms with Crippen molar-refractivity contribution in [2.75, 3.05) is 20.3 Å². The van der Waals surface area contributed by atoms with E-state index in [0.717, 1.165) is 0 Å². The molecule has 0 aliphatic carbocycles. The molecule has 7 heteroatoms. The fourth-order valence-electron chi connectivity index (χ4n) is 1.90. The van der Waals surface area contributed by atoms with Gasteiger partial charge in [0.05, 0.1) is 25.3 Å². The van der Waals surface area contributed by atoms with E-state index in [-0.39, 0.29) is 19.2 Å². The largest absolute Gasteiger partial charge is 0.468 e. The van der Waals surface area contributed by atoms with Gasteiger partial charge in [-0.15, -0.1) is 5.10 Å². The zero-order chi connectivity index (χ0) is 12.8. The number of pyridine rings is 1. The molecule has 2 aromatic heterocycles. The summed E-state index contributed by atoms with van der Waals surface area (Å²) < 4.78 is 11.5. The molecule has 6 nitrogen and oxygen atoms in total. The molecule has 18 heavy (non-hydrogen) atoms. The molecule has 94 valence electrons. The molecule has 0 spiro atoms. The van der Waals surface area contributed by atoms with Crippen molar-refractivity contribution in [3.63, 3.8) is 0 Å². The highest BCUT2D eigenvalue weighted by molar-refractivity contribution is 6.30. The molecule has 0 aromatic carbocycles. The molecular weight excluding hydrogens is 258 g/mol. The number of halogens is 1. The second-order valence-corrected chi connectivity index (χ2v) is 4.59. The fraction of sp³-hybridized carbons (Fsp3) is 0.364. The van der Waals surface area contributed by atoms with Crippen LogP contribution in [0.15, 0.2) is 18.3 Å². The van der Waals surface area contributed by atoms with Crippen molar-refractivity contribution in [2.45, 2.75) is 5.41 Å². The predicted octanol–water partition coefficient (Wildman–Crippen LogP) is 0.824. The van der Waals surface area contributed by atoms with Crippen LogP contribution in [0, 0.1) is 0 Å². The molecule has 3 heterocycles. The van der Waals surface area contributed by atoms with Crippen LogP contribution in [0.4, 0.5) is 0 Å². The van der Waals surface area contributed by atoms with Crippen molar-refractivity contribution >= 4 is 23.2 Å². The van der Waals surface area contributed by atoms with Crippen LogP contribution in [-0.4, -0.2) is 40.9 Å². The van der Waals surface area contributed by atoms with Crippen LogP contribution >= 0.6 is 11.6 Å². The van der Waals surface area contributed by atoms with Gasteiger partial charge in [-0.1, -0.05) is 11.6 Å². The van der Waals surface area contributed by atoms with E-state index in [1.165, 1.54) is 7.11 Å². The van der Waals surface area contributed by atoms with Gasteiger partial charge in [0.2, 0.25) is 0 Å². The normalized spacial score (nSPS) is 17.4. The van der Waals surface area contributed by atoms with Crippen molar-refractivity contribution < 1.29 is 14.3 Å². The summed E-state index contributed by atoms with van der Waals surface area (Å²) in [6.07, 6.45) is 1.64. The van der Waals surface area contributed by atoms with Crippen molar-refractivity contribution in [3.8, 4) is 0 Å². The van der Waals surface area contributed by atoms with Crippen LogP contribution in [0.3, 0.4) is 0 Å². The maximum absolute atomic E-state index is 11.8. The lowest BCUT2D eigenvalue weighted by atomic mass is 9.85. The van der Waals surface area contributed by atoms with Crippen molar-refractivity contribution in [1.29, 1.82) is 0 Å². The summed E-state index contributed by atoms with van der Waals surface area (Å²) in [5.41, 5.74) is -0.252. The van der Waals surface area contributed by atoms with Gasteiger partial charge >= 0.3 is 5.97 Å². The average Bonchev–Trinajstić information content (AvgIpc) is 2.70. The molecule has 0 atom stereocenters. The molecule has 0 bridgehead atoms. The van der Waals surface area contributed by atoms with E-state index in [1.54, 1.807) is 22.8 Å². The zero-order valence-corrected chi connectivity index (χ0v) is 10.3. The third-order valence-electron chi connectivity index (χ3n) is 3.00. The number of rotatable bonds is 2. The molecule has 1 saturated heterocycles. The Morgan fingerprint density at radius 1 is 1.56 bits per heavy atom. The van der Waals surface area contributed by atoms with Crippen LogP contribution in [-0.2, 0) is 19.7 Å². The number of hydrogen-bond donors (Lipinski definition) is 0. The number of fused-ring (bicyclic) bond motifs is 1. The Morgan fingerprint density at radius 2 is 2.33 bits per heavy atom. The minimum absolute atomic E-state index is 0.240. The first-order chi connectivity index (χ1) is 8.65. The van der Waals surface area contributed by atoms with Gasteiger partial charge in [0.25, 0.3) is 0 Å². The van der Waals surface area contributed by atoms with Crippen LogP contribution in [0.25, 0.3) is 5.65 Å². The van der Waals surface area contributed by atoms with Gasteiger partial charge < -0.3 is 9.47 Å². The van der Waals surface area contributed by atoms with Gasteiger partial charge in [-0.25, -0.2) is 9.50 Å². The average molecular weight is 268 g/mol. The third kappa shape index (κ3) is 1.49. The molecule has 0 unspecified atom stereocenters. The first-order valence-corrected chi connectivity index (χ1v) is 5.72. The van der Waals surface area contributed by atoms with Crippen LogP contribution in [0.5, 0.6) is 0 Å². The lowest BCUT2D eigenvalue weighted by molar-refractivity contribution is -0.167. The Bertz CT molecular complexity index is 621. The number of esters is 1. The number of hydrogen-bond acceptors (Lipinski definition) is 5. The quantitative estimate of drug-likeness (QED) is 0.754. The Morgan fingerprint density at radius 3 is 2.94 bits per heavy atom. The Labute approximate surface area is 107 Å². The summed E-state index contributed by atoms with van der Waals surface area (Å²) in [7, 11) is 1.34. The third-order valence-corrected chi connectivity index (χ3v) is 3.22. The number of methoxy groups -OCH3 is 1. The van der Waals surface area contributed by atoms with Gasteiger partial charge in [-0.2, -0.15) is 0 Å². The number of nitrogens with zero attached hydrogens (tertiary/aromatic N) is 3. The number of carbonyl (C=O) groups is 1. The number of ether oxygens (including phenoxy) is 2. The Hall–Kier alpha value is -1.66. The molecule has 1 fully saturated rings. The van der Waals surface area contributed by atoms with Gasteiger partial charge in [-0.05, 0) is 12.1 Å². The Kier molecular flexibility index (Phi) is 2.49. The van der Waals surface area contributed by atoms with Crippen molar-refractivity contribution in [1.82, 2.24) is 14.6 Å². The van der Waals surface area contributed by atoms with E-state index >= 15 is 0 Å². The monoisotopic (exact) mass is 267 g/mol. The standard InChI is InChI=1S/C11H10ClN3O3/c1-17-10(16)11(5-18-6-11)9-13-8-3-2-7(12)4-15(8)14-9/h2-4H,5-6H2,1H3. The van der Waals surface area contributed by atoms with Crippen LogP contribution in [0.2, 0.25) is 5.02 Å². The van der Waals surface area contributed by atoms with Crippen molar-refractivity contribution in [2.24, 2.45) is 0 Å². The van der Waals surface area contributed by atoms with Crippen LogP contribution in [0.1, 0.15) is 5.82 Å². The minimum Gasteiger partial charge on any atom is -0.468 e. The number of aromatic nitrogens is 3. The van der Waals surface area contributed by atoms with E-state index < -0.39 is 5.41 Å². The topological polar surface area (TPSA) is 65.7 Å². The highest BCUT2D eigenvalue weighted by Gasteiger charge is 2.52. The molecule has 0 radical (unpaired) electrons. The number of carbonyl (C=O) groups excluding carboxylic acids is 1. The highest BCUT2D eigenvalue weighted by Crippen LogP contribution is 2.31.